The lowest BCUT2D eigenvalue weighted by molar-refractivity contribution is 0.651. The quantitative estimate of drug-likeness (QED) is 0.164. The molecule has 15 heterocycles. The first-order valence-corrected chi connectivity index (χ1v) is 39.9. The largest absolute Gasteiger partial charge is 0.456 e. The molecule has 13 aromatic carbocycles. The van der Waals surface area contributed by atoms with Gasteiger partial charge in [-0.2, -0.15) is 0 Å². The molecule has 568 valence electrons. The highest BCUT2D eigenvalue weighted by molar-refractivity contribution is 6.12. The Hall–Kier alpha value is -16.4. The minimum Gasteiger partial charge on any atom is -0.456 e. The molecule has 0 atom stereocenters. The van der Waals surface area contributed by atoms with Crippen LogP contribution < -0.4 is 0 Å². The molecule has 0 aliphatic carbocycles. The highest BCUT2D eigenvalue weighted by Gasteiger charge is 2.27. The summed E-state index contributed by atoms with van der Waals surface area (Å²) in [6.07, 6.45) is 7.12. The highest BCUT2D eigenvalue weighted by atomic mass is 16.3. The molecule has 28 rings (SSSR count). The van der Waals surface area contributed by atoms with E-state index in [9.17, 15) is 0 Å². The zero-order valence-electron chi connectivity index (χ0n) is 64.9. The first-order chi connectivity index (χ1) is 59.2. The molecule has 19 heteroatoms. The summed E-state index contributed by atoms with van der Waals surface area (Å²) in [6, 6.07) is 102. The van der Waals surface area contributed by atoms with E-state index in [1.807, 2.05) is 60.8 Å². The molecule has 0 spiro atoms. The summed E-state index contributed by atoms with van der Waals surface area (Å²) in [5.41, 5.74) is 32.5. The van der Waals surface area contributed by atoms with Crippen LogP contribution in [0.15, 0.2) is 340 Å². The number of benzene rings is 13. The van der Waals surface area contributed by atoms with Crippen LogP contribution in [0.3, 0.4) is 0 Å². The molecule has 15 aromatic heterocycles. The number of furan rings is 4. The molecule has 0 aliphatic heterocycles. The van der Waals surface area contributed by atoms with Gasteiger partial charge in [-0.3, -0.25) is 40.9 Å². The molecular weight excluding hydrogens is 1490 g/mol. The first-order valence-electron chi connectivity index (χ1n) is 39.9. The third-order valence-electron chi connectivity index (χ3n) is 23.6. The fourth-order valence-electron chi connectivity index (χ4n) is 18.5. The number of fused-ring (bicyclic) bond motifs is 32. The van der Waals surface area contributed by atoms with E-state index < -0.39 is 0 Å². The van der Waals surface area contributed by atoms with Gasteiger partial charge in [-0.05, 0) is 232 Å². The molecular formula is C101H65N15O4. The van der Waals surface area contributed by atoms with E-state index in [-0.39, 0.29) is 0 Å². The van der Waals surface area contributed by atoms with E-state index in [2.05, 4.69) is 321 Å². The van der Waals surface area contributed by atoms with E-state index in [0.717, 1.165) is 227 Å². The molecule has 0 bridgehead atoms. The van der Waals surface area contributed by atoms with Crippen molar-refractivity contribution in [2.24, 2.45) is 0 Å². The van der Waals surface area contributed by atoms with E-state index in [4.69, 9.17) is 37.6 Å². The second-order valence-corrected chi connectivity index (χ2v) is 30.8. The second-order valence-electron chi connectivity index (χ2n) is 30.8. The Morgan fingerprint density at radius 2 is 0.567 bits per heavy atom. The normalized spacial score (nSPS) is 12.2. The summed E-state index contributed by atoms with van der Waals surface area (Å²) in [7, 11) is 0. The van der Waals surface area contributed by atoms with Gasteiger partial charge in [-0.1, -0.05) is 115 Å². The summed E-state index contributed by atoms with van der Waals surface area (Å²) in [6.45, 7) is 8.43. The molecule has 0 fully saturated rings. The maximum Gasteiger partial charge on any atom is 0.227 e. The maximum absolute atomic E-state index is 6.31. The van der Waals surface area contributed by atoms with Gasteiger partial charge in [0.15, 0.2) is 16.7 Å². The fourth-order valence-corrected chi connectivity index (χ4v) is 18.5. The number of rotatable bonds is 4. The minimum absolute atomic E-state index is 0.653. The van der Waals surface area contributed by atoms with Crippen molar-refractivity contribution in [2.75, 3.05) is 0 Å². The van der Waals surface area contributed by atoms with Crippen LogP contribution in [0, 0.1) is 27.7 Å². The number of aryl methyl sites for hydroxylation is 4. The lowest BCUT2D eigenvalue weighted by atomic mass is 10.1. The predicted molar refractivity (Wildman–Crippen MR) is 480 cm³/mol. The number of nitrogens with zero attached hydrogens (tertiary/aromatic N) is 15. The van der Waals surface area contributed by atoms with Gasteiger partial charge in [0.2, 0.25) is 34.5 Å². The molecule has 0 radical (unpaired) electrons. The zero-order valence-corrected chi connectivity index (χ0v) is 64.9. The third-order valence-corrected chi connectivity index (χ3v) is 23.6. The molecule has 0 N–H and O–H groups in total. The summed E-state index contributed by atoms with van der Waals surface area (Å²) >= 11 is 0. The summed E-state index contributed by atoms with van der Waals surface area (Å²) < 4.78 is 42.6. The number of pyridine rings is 3. The SMILES string of the molecule is Cc1cc(-n2c3ccccc3n3c4ccccc4nc23)c2oc3cnccc3c2c1.Cc1cc(-n2c3ccccc3n3c4ccccc4nc23)c2oc3ncccc3c2c1.Cc1cc(-n2c3ccccc3n3c4ccccc4nc23)cc2c1oc1ccccc12.Cc1cc(-n2c3ccccc3n3c4ccccc4nc23)cc2c1oc1ncccc12. The van der Waals surface area contributed by atoms with Crippen LogP contribution in [0.2, 0.25) is 0 Å². The van der Waals surface area contributed by atoms with Crippen LogP contribution in [0.5, 0.6) is 0 Å². The molecule has 28 aromatic rings. The minimum atomic E-state index is 0.653. The topological polar surface area (TPSA) is 180 Å². The van der Waals surface area contributed by atoms with Crippen molar-refractivity contribution in [2.45, 2.75) is 27.7 Å². The number of para-hydroxylation sites is 17. The van der Waals surface area contributed by atoms with Crippen molar-refractivity contribution >= 4 is 199 Å². The smallest absolute Gasteiger partial charge is 0.227 e. The van der Waals surface area contributed by atoms with Gasteiger partial charge in [0, 0.05) is 61.7 Å². The number of hydrogen-bond acceptors (Lipinski definition) is 11. The average Bonchev–Trinajstić information content (AvgIpc) is 1.56. The Kier molecular flexibility index (Phi) is 14.3. The zero-order chi connectivity index (χ0) is 79.3. The Morgan fingerprint density at radius 3 is 1.02 bits per heavy atom. The van der Waals surface area contributed by atoms with Crippen LogP contribution in [-0.4, -0.2) is 70.8 Å². The molecule has 0 amide bonds. The Morgan fingerprint density at radius 1 is 0.242 bits per heavy atom. The summed E-state index contributed by atoms with van der Waals surface area (Å²) in [5.74, 6) is 3.58. The second kappa shape index (κ2) is 25.5. The Labute approximate surface area is 678 Å². The first kappa shape index (κ1) is 67.0. The van der Waals surface area contributed by atoms with Crippen LogP contribution in [0.25, 0.3) is 222 Å². The maximum atomic E-state index is 6.31. The molecule has 0 saturated heterocycles. The van der Waals surface area contributed by atoms with Gasteiger partial charge in [-0.15, -0.1) is 0 Å². The number of imidazole rings is 8. The van der Waals surface area contributed by atoms with Gasteiger partial charge in [-0.25, -0.2) is 29.9 Å². The molecule has 0 saturated carbocycles. The monoisotopic (exact) mass is 1550 g/mol. The van der Waals surface area contributed by atoms with Crippen molar-refractivity contribution < 1.29 is 17.7 Å². The summed E-state index contributed by atoms with van der Waals surface area (Å²) in [5, 5.41) is 8.63. The van der Waals surface area contributed by atoms with Gasteiger partial charge >= 0.3 is 0 Å². The molecule has 0 unspecified atom stereocenters. The lowest BCUT2D eigenvalue weighted by Crippen LogP contribution is -1.96. The number of aromatic nitrogens is 15. The van der Waals surface area contributed by atoms with E-state index >= 15 is 0 Å². The average molecular weight is 1550 g/mol. The van der Waals surface area contributed by atoms with Crippen molar-refractivity contribution in [1.29, 1.82) is 0 Å². The van der Waals surface area contributed by atoms with Crippen LogP contribution in [0.4, 0.5) is 0 Å². The van der Waals surface area contributed by atoms with Gasteiger partial charge in [0.05, 0.1) is 117 Å². The third kappa shape index (κ3) is 9.82. The molecule has 19 nitrogen and oxygen atoms in total. The lowest BCUT2D eigenvalue weighted by Gasteiger charge is -2.07. The standard InChI is InChI=1S/C26H17N3O.3C25H16N4O/c1-16-14-17(15-19-18-8-2-7-13-24(18)30-25(16)19)28-22-11-5-6-12-23(22)29-21-10-4-3-9-20(21)27-26(28)29;1-15-13-16(14-18-17-7-6-12-26-24(17)30-23(15)18)28-21-10-4-5-11-22(21)29-20-9-3-2-8-19(20)27-25(28)29;1-15-13-17-16-7-6-12-26-24(16)30-23(17)22(14-15)29-21-11-5-4-10-20(21)28-19-9-3-2-8-18(19)27-25(28)29;1-15-12-17-16-10-11-26-14-23(16)30-24(17)22(13-15)29-21-9-5-4-8-20(21)28-19-7-3-2-6-18(19)27-25(28)29/h2-15H,1H3;3*2-14H,1H3. The fraction of sp³-hybridized carbons (Fsp3) is 0.0396. The van der Waals surface area contributed by atoms with Crippen molar-refractivity contribution in [1.82, 2.24) is 70.8 Å². The highest BCUT2D eigenvalue weighted by Crippen LogP contribution is 2.43. The number of hydrogen-bond donors (Lipinski definition) is 0. The van der Waals surface area contributed by atoms with Crippen molar-refractivity contribution in [3.05, 3.63) is 344 Å². The van der Waals surface area contributed by atoms with Crippen LogP contribution >= 0.6 is 0 Å². The van der Waals surface area contributed by atoms with Crippen LogP contribution in [-0.2, 0) is 0 Å². The van der Waals surface area contributed by atoms with Crippen molar-refractivity contribution in [3.63, 3.8) is 0 Å². The molecule has 0 aliphatic rings. The molecule has 120 heavy (non-hydrogen) atoms. The van der Waals surface area contributed by atoms with Gasteiger partial charge in [0.1, 0.15) is 16.7 Å². The Bertz CT molecular complexity index is 8630. The summed E-state index contributed by atoms with van der Waals surface area (Å²) in [4.78, 5) is 33.0. The van der Waals surface area contributed by atoms with Gasteiger partial charge < -0.3 is 17.7 Å². The van der Waals surface area contributed by atoms with Crippen molar-refractivity contribution in [3.8, 4) is 22.7 Å². The van der Waals surface area contributed by atoms with Gasteiger partial charge in [0.25, 0.3) is 0 Å². The van der Waals surface area contributed by atoms with E-state index in [0.29, 0.717) is 11.4 Å². The van der Waals surface area contributed by atoms with E-state index in [1.165, 1.54) is 5.56 Å². The van der Waals surface area contributed by atoms with Crippen LogP contribution in [0.1, 0.15) is 22.3 Å². The van der Waals surface area contributed by atoms with E-state index in [1.54, 1.807) is 18.6 Å². The predicted octanol–water partition coefficient (Wildman–Crippen LogP) is 24.7. The Balaban J connectivity index is 0.0000000886.